The predicted octanol–water partition coefficient (Wildman–Crippen LogP) is 10.9. The first-order chi connectivity index (χ1) is 45.8. The van der Waals surface area contributed by atoms with Gasteiger partial charge in [0.15, 0.2) is 18.9 Å². The summed E-state index contributed by atoms with van der Waals surface area (Å²) in [5, 5.41) is 121. The molecule has 12 N–H and O–H groups in total. The minimum absolute atomic E-state index is 0.235. The Kier molecular flexibility index (Phi) is 50.9. The third-order valence-corrected chi connectivity index (χ3v) is 18.2. The molecule has 19 heteroatoms. The molecule has 1 amide bonds. The molecule has 0 aromatic heterocycles. The van der Waals surface area contributed by atoms with E-state index in [1.165, 1.54) is 167 Å². The van der Waals surface area contributed by atoms with Crippen LogP contribution < -0.4 is 5.32 Å². The van der Waals surface area contributed by atoms with Gasteiger partial charge in [0.05, 0.1) is 38.6 Å². The zero-order valence-corrected chi connectivity index (χ0v) is 57.9. The Hall–Kier alpha value is -2.77. The molecule has 0 spiro atoms. The van der Waals surface area contributed by atoms with Crippen LogP contribution in [0.3, 0.4) is 0 Å². The second-order valence-corrected chi connectivity index (χ2v) is 26.4. The van der Waals surface area contributed by atoms with Crippen molar-refractivity contribution in [3.63, 3.8) is 0 Å². The van der Waals surface area contributed by atoms with E-state index >= 15 is 0 Å². The molecule has 3 saturated heterocycles. The summed E-state index contributed by atoms with van der Waals surface area (Å²) in [4.78, 5) is 13.4. The SMILES string of the molecule is CC/C=C\C/C=C\C/C=C\C/C=C\CCCCCCCCCCCCCCCCCCCCC(=O)NC(COC1OC(CO)C(OC2OC(CO)C(OC3OC(CO)C(O)C(O)C3O)C(O)C2O)C(O)C1O)C(O)/C=C/CC/C=C/CCCCCCCCCCCCCC. The minimum Gasteiger partial charge on any atom is -0.394 e. The van der Waals surface area contributed by atoms with Gasteiger partial charge in [-0.1, -0.05) is 260 Å². The lowest BCUT2D eigenvalue weighted by atomic mass is 9.96. The van der Waals surface area contributed by atoms with Gasteiger partial charge >= 0.3 is 0 Å². The molecule has 0 radical (unpaired) electrons. The third-order valence-electron chi connectivity index (χ3n) is 18.2. The smallest absolute Gasteiger partial charge is 0.220 e. The van der Waals surface area contributed by atoms with Crippen molar-refractivity contribution in [2.24, 2.45) is 0 Å². The molecule has 3 aliphatic heterocycles. The summed E-state index contributed by atoms with van der Waals surface area (Å²) in [6.07, 6.45) is 44.6. The van der Waals surface area contributed by atoms with Crippen LogP contribution in [0.25, 0.3) is 0 Å². The highest BCUT2D eigenvalue weighted by Crippen LogP contribution is 2.33. The van der Waals surface area contributed by atoms with Crippen LogP contribution >= 0.6 is 0 Å². The summed E-state index contributed by atoms with van der Waals surface area (Å²) in [7, 11) is 0. The number of rotatable bonds is 57. The lowest BCUT2D eigenvalue weighted by Crippen LogP contribution is -2.66. The van der Waals surface area contributed by atoms with Crippen LogP contribution in [0, 0.1) is 0 Å². The summed E-state index contributed by atoms with van der Waals surface area (Å²) in [5.74, 6) is -0.284. The van der Waals surface area contributed by atoms with E-state index < -0.39 is 124 Å². The molecule has 3 fully saturated rings. The quantitative estimate of drug-likeness (QED) is 0.0199. The summed E-state index contributed by atoms with van der Waals surface area (Å²) in [5.41, 5.74) is 0. The number of allylic oxidation sites excluding steroid dienone is 11. The Bertz CT molecular complexity index is 1980. The van der Waals surface area contributed by atoms with Gasteiger partial charge in [-0.2, -0.15) is 0 Å². The van der Waals surface area contributed by atoms with Gasteiger partial charge in [-0.05, 0) is 70.6 Å². The van der Waals surface area contributed by atoms with Gasteiger partial charge in [0.1, 0.15) is 73.2 Å². The highest BCUT2D eigenvalue weighted by molar-refractivity contribution is 5.76. The van der Waals surface area contributed by atoms with E-state index in [-0.39, 0.29) is 18.9 Å². The topological polar surface area (TPSA) is 307 Å². The van der Waals surface area contributed by atoms with Gasteiger partial charge < -0.3 is 89.9 Å². The molecule has 3 aliphatic rings. The van der Waals surface area contributed by atoms with Crippen LogP contribution in [0.5, 0.6) is 0 Å². The monoisotopic (exact) mass is 1340 g/mol. The maximum Gasteiger partial charge on any atom is 0.220 e. The number of carbonyl (C=O) groups excluding carboxylic acids is 1. The molecule has 0 aromatic carbocycles. The molecule has 17 unspecified atom stereocenters. The maximum absolute atomic E-state index is 13.4. The van der Waals surface area contributed by atoms with Crippen molar-refractivity contribution < 1.29 is 89.4 Å². The molecule has 3 rings (SSSR count). The van der Waals surface area contributed by atoms with Crippen LogP contribution in [-0.4, -0.2) is 193 Å². The largest absolute Gasteiger partial charge is 0.394 e. The second kappa shape index (κ2) is 56.0. The van der Waals surface area contributed by atoms with Crippen LogP contribution in [-0.2, 0) is 33.2 Å². The van der Waals surface area contributed by atoms with E-state index in [2.05, 4.69) is 79.9 Å². The number of carbonyl (C=O) groups is 1. The van der Waals surface area contributed by atoms with E-state index in [4.69, 9.17) is 28.4 Å². The van der Waals surface area contributed by atoms with Crippen LogP contribution in [0.15, 0.2) is 72.9 Å². The van der Waals surface area contributed by atoms with E-state index in [1.807, 2.05) is 6.08 Å². The lowest BCUT2D eigenvalue weighted by molar-refractivity contribution is -0.379. The molecule has 0 aromatic rings. The van der Waals surface area contributed by atoms with Crippen molar-refractivity contribution >= 4 is 5.91 Å². The predicted molar refractivity (Wildman–Crippen MR) is 369 cm³/mol. The minimum atomic E-state index is -1.98. The zero-order chi connectivity index (χ0) is 68.2. The first kappa shape index (κ1) is 85.5. The Labute approximate surface area is 566 Å². The number of unbranched alkanes of at least 4 members (excludes halogenated alkanes) is 31. The average molecular weight is 1340 g/mol. The van der Waals surface area contributed by atoms with Crippen molar-refractivity contribution in [1.82, 2.24) is 5.32 Å². The fourth-order valence-corrected chi connectivity index (χ4v) is 12.3. The molecular weight excluding hydrogens is 1200 g/mol. The summed E-state index contributed by atoms with van der Waals surface area (Å²) in [6, 6.07) is -0.992. The van der Waals surface area contributed by atoms with E-state index in [0.29, 0.717) is 12.8 Å². The average Bonchev–Trinajstić information content (AvgIpc) is 0.787. The van der Waals surface area contributed by atoms with Gasteiger partial charge in [0.25, 0.3) is 0 Å². The highest BCUT2D eigenvalue weighted by Gasteiger charge is 2.53. The Morgan fingerprint density at radius 1 is 0.394 bits per heavy atom. The van der Waals surface area contributed by atoms with Crippen LogP contribution in [0.4, 0.5) is 0 Å². The Balaban J connectivity index is 1.39. The van der Waals surface area contributed by atoms with Crippen molar-refractivity contribution in [3.05, 3.63) is 72.9 Å². The number of hydrogen-bond acceptors (Lipinski definition) is 18. The number of hydrogen-bond donors (Lipinski definition) is 12. The normalized spacial score (nSPS) is 27.8. The Morgan fingerprint density at radius 2 is 0.745 bits per heavy atom. The number of aliphatic hydroxyl groups is 11. The summed E-state index contributed by atoms with van der Waals surface area (Å²) >= 11 is 0. The van der Waals surface area contributed by atoms with Crippen molar-refractivity contribution in [2.45, 2.75) is 369 Å². The molecule has 0 bridgehead atoms. The molecule has 94 heavy (non-hydrogen) atoms. The molecule has 3 heterocycles. The van der Waals surface area contributed by atoms with Gasteiger partial charge in [0, 0.05) is 6.42 Å². The highest BCUT2D eigenvalue weighted by atomic mass is 16.8. The lowest BCUT2D eigenvalue weighted by Gasteiger charge is -2.48. The first-order valence-electron chi connectivity index (χ1n) is 37.2. The summed E-state index contributed by atoms with van der Waals surface area (Å²) in [6.45, 7) is 1.62. The van der Waals surface area contributed by atoms with Gasteiger partial charge in [-0.3, -0.25) is 4.79 Å². The van der Waals surface area contributed by atoms with Gasteiger partial charge in [-0.15, -0.1) is 0 Å². The van der Waals surface area contributed by atoms with Crippen molar-refractivity contribution in [2.75, 3.05) is 26.4 Å². The van der Waals surface area contributed by atoms with E-state index in [0.717, 1.165) is 64.2 Å². The van der Waals surface area contributed by atoms with Crippen LogP contribution in [0.1, 0.15) is 264 Å². The summed E-state index contributed by atoms with van der Waals surface area (Å²) < 4.78 is 34.4. The zero-order valence-electron chi connectivity index (χ0n) is 57.9. The van der Waals surface area contributed by atoms with Gasteiger partial charge in [-0.25, -0.2) is 0 Å². The Morgan fingerprint density at radius 3 is 1.19 bits per heavy atom. The number of amides is 1. The standard InChI is InChI=1S/C75H133NO18/c1-3-5-7-9-11-13-15-17-19-21-23-24-25-26-27-28-29-30-31-32-33-34-35-37-39-41-43-45-47-49-51-53-63(81)76-58(59(80)52-50-48-46-44-42-40-38-36-22-20-18-16-14-12-10-8-6-4-2)57-89-73-69(87)66(84)71(61(55-78)91-73)94-75-70(88)67(85)72(62(56-79)92-75)93-74-68(86)65(83)64(82)60(54-77)90-74/h5,7,11,13,17,19,23-24,42,44,50,52,58-62,64-75,77-80,82-88H,3-4,6,8-10,12,14-16,18,20-22,25-41,43,45-49,51,53-57H2,1-2H3,(H,76,81)/b7-5-,13-11-,19-17-,24-23-,44-42+,52-50+. The molecule has 546 valence electrons. The first-order valence-corrected chi connectivity index (χ1v) is 37.2. The third kappa shape index (κ3) is 36.9. The fourth-order valence-electron chi connectivity index (χ4n) is 12.3. The second-order valence-electron chi connectivity index (χ2n) is 26.4. The number of nitrogens with one attached hydrogen (secondary N) is 1. The van der Waals surface area contributed by atoms with E-state index in [1.54, 1.807) is 6.08 Å². The molecular formula is C75H133NO18. The van der Waals surface area contributed by atoms with Crippen molar-refractivity contribution in [3.8, 4) is 0 Å². The van der Waals surface area contributed by atoms with Gasteiger partial charge in [0.2, 0.25) is 5.91 Å². The number of ether oxygens (including phenoxy) is 6. The number of aliphatic hydroxyl groups excluding tert-OH is 11. The van der Waals surface area contributed by atoms with Crippen LogP contribution in [0.2, 0.25) is 0 Å². The van der Waals surface area contributed by atoms with Crippen molar-refractivity contribution in [1.29, 1.82) is 0 Å². The molecule has 17 atom stereocenters. The molecule has 0 saturated carbocycles. The molecule has 0 aliphatic carbocycles. The van der Waals surface area contributed by atoms with E-state index in [9.17, 15) is 61.0 Å². The molecule has 19 nitrogen and oxygen atoms in total. The maximum atomic E-state index is 13.4. The fraction of sp³-hybridized carbons (Fsp3) is 0.827.